The molecule has 2 atom stereocenters. The Kier molecular flexibility index (Phi) is 9.07. The highest BCUT2D eigenvalue weighted by Gasteiger charge is 2.52. The molecule has 1 saturated carbocycles. The Morgan fingerprint density at radius 2 is 1.87 bits per heavy atom. The number of ether oxygens (including phenoxy) is 1. The van der Waals surface area contributed by atoms with Gasteiger partial charge in [0.05, 0.1) is 36.6 Å². The van der Waals surface area contributed by atoms with Crippen molar-refractivity contribution >= 4 is 46.0 Å². The van der Waals surface area contributed by atoms with Gasteiger partial charge in [-0.1, -0.05) is 26.2 Å². The highest BCUT2D eigenvalue weighted by atomic mass is 127. The van der Waals surface area contributed by atoms with Crippen LogP contribution >= 0.6 is 22.6 Å². The standard InChI is InChI=1S/C27H31F3IN3O4/c1-2-3-12-38-26(36)33-21-7-5-4-6-18(21)27(37)14-34(15-27)25(35)17-9-10-19(28)23(30)24(17)32-22-11-8-16(31)13-20(22)29/h8-11,13,18,21,32,37H,2-7,12,14-15H2,1H3,(H,33,36). The summed E-state index contributed by atoms with van der Waals surface area (Å²) in [5.74, 6) is -4.08. The third kappa shape index (κ3) is 6.19. The minimum atomic E-state index is -1.30. The molecule has 206 valence electrons. The minimum absolute atomic E-state index is 0.0319. The lowest BCUT2D eigenvalue weighted by Gasteiger charge is -2.53. The number of alkyl carbamates (subject to hydrolysis) is 1. The van der Waals surface area contributed by atoms with E-state index in [2.05, 4.69) is 10.6 Å². The van der Waals surface area contributed by atoms with Crippen LogP contribution in [0.15, 0.2) is 30.3 Å². The van der Waals surface area contributed by atoms with Crippen molar-refractivity contribution in [1.82, 2.24) is 10.2 Å². The summed E-state index contributed by atoms with van der Waals surface area (Å²) in [6.07, 6.45) is 4.27. The monoisotopic (exact) mass is 645 g/mol. The van der Waals surface area contributed by atoms with Gasteiger partial charge in [0.15, 0.2) is 11.6 Å². The van der Waals surface area contributed by atoms with Gasteiger partial charge in [-0.05, 0) is 72.2 Å². The number of unbranched alkanes of at least 4 members (excludes halogenated alkanes) is 1. The smallest absolute Gasteiger partial charge is 0.407 e. The molecule has 0 radical (unpaired) electrons. The SMILES string of the molecule is CCCCOC(=O)NC1CCCCC1C1(O)CN(C(=O)c2ccc(F)c(F)c2Nc2ccc(I)cc2F)C1. The van der Waals surface area contributed by atoms with Gasteiger partial charge >= 0.3 is 6.09 Å². The second-order valence-electron chi connectivity index (χ2n) is 9.93. The number of anilines is 2. The van der Waals surface area contributed by atoms with Crippen LogP contribution in [0, 0.1) is 26.9 Å². The van der Waals surface area contributed by atoms with Crippen molar-refractivity contribution in [3.05, 3.63) is 56.9 Å². The van der Waals surface area contributed by atoms with E-state index >= 15 is 0 Å². The molecule has 1 aliphatic carbocycles. The van der Waals surface area contributed by atoms with Gasteiger partial charge in [-0.2, -0.15) is 0 Å². The maximum atomic E-state index is 14.8. The Balaban J connectivity index is 1.47. The van der Waals surface area contributed by atoms with Gasteiger partial charge in [-0.15, -0.1) is 0 Å². The van der Waals surface area contributed by atoms with Crippen molar-refractivity contribution in [2.45, 2.75) is 57.1 Å². The van der Waals surface area contributed by atoms with E-state index in [0.29, 0.717) is 23.0 Å². The fourth-order valence-corrected chi connectivity index (χ4v) is 5.64. The number of nitrogens with zero attached hydrogens (tertiary/aromatic N) is 1. The highest BCUT2D eigenvalue weighted by molar-refractivity contribution is 14.1. The van der Waals surface area contributed by atoms with Gasteiger partial charge in [0.2, 0.25) is 0 Å². The number of aliphatic hydroxyl groups is 1. The predicted octanol–water partition coefficient (Wildman–Crippen LogP) is 5.72. The molecule has 2 fully saturated rings. The van der Waals surface area contributed by atoms with E-state index in [1.54, 1.807) is 6.07 Å². The Morgan fingerprint density at radius 1 is 1.13 bits per heavy atom. The number of nitrogens with one attached hydrogen (secondary N) is 2. The Morgan fingerprint density at radius 3 is 2.58 bits per heavy atom. The van der Waals surface area contributed by atoms with Gasteiger partial charge in [0.25, 0.3) is 5.91 Å². The first-order valence-electron chi connectivity index (χ1n) is 12.8. The van der Waals surface area contributed by atoms with Crippen LogP contribution in [-0.2, 0) is 4.74 Å². The third-order valence-electron chi connectivity index (χ3n) is 7.22. The van der Waals surface area contributed by atoms with Crippen molar-refractivity contribution in [3.63, 3.8) is 0 Å². The first-order valence-corrected chi connectivity index (χ1v) is 13.9. The molecule has 1 aliphatic heterocycles. The van der Waals surface area contributed by atoms with E-state index in [9.17, 15) is 27.9 Å². The lowest BCUT2D eigenvalue weighted by Crippen LogP contribution is -2.70. The van der Waals surface area contributed by atoms with E-state index in [1.807, 2.05) is 29.5 Å². The molecule has 2 aromatic carbocycles. The van der Waals surface area contributed by atoms with Crippen LogP contribution in [0.3, 0.4) is 0 Å². The molecule has 0 aromatic heterocycles. The molecule has 2 aromatic rings. The summed E-state index contributed by atoms with van der Waals surface area (Å²) in [5.41, 5.74) is -2.00. The maximum absolute atomic E-state index is 14.8. The van der Waals surface area contributed by atoms with Gasteiger partial charge in [0, 0.05) is 15.5 Å². The minimum Gasteiger partial charge on any atom is -0.450 e. The first kappa shape index (κ1) is 28.5. The number of hydrogen-bond donors (Lipinski definition) is 3. The number of likely N-dealkylation sites (tertiary alicyclic amines) is 1. The van der Waals surface area contributed by atoms with E-state index in [-0.39, 0.29) is 36.3 Å². The number of amides is 2. The summed E-state index contributed by atoms with van der Waals surface area (Å²) in [5, 5.41) is 16.8. The van der Waals surface area contributed by atoms with Crippen LogP contribution in [0.25, 0.3) is 0 Å². The van der Waals surface area contributed by atoms with Gasteiger partial charge in [0.1, 0.15) is 11.4 Å². The van der Waals surface area contributed by atoms with Crippen LogP contribution in [0.2, 0.25) is 0 Å². The second-order valence-corrected chi connectivity index (χ2v) is 11.2. The van der Waals surface area contributed by atoms with Gasteiger partial charge in [-0.3, -0.25) is 4.79 Å². The molecule has 1 saturated heterocycles. The van der Waals surface area contributed by atoms with E-state index in [4.69, 9.17) is 4.74 Å². The van der Waals surface area contributed by atoms with Gasteiger partial charge in [-0.25, -0.2) is 18.0 Å². The Bertz CT molecular complexity index is 1190. The number of benzene rings is 2. The van der Waals surface area contributed by atoms with Crippen LogP contribution in [0.4, 0.5) is 29.3 Å². The largest absolute Gasteiger partial charge is 0.450 e. The molecular formula is C27H31F3IN3O4. The Hall–Kier alpha value is -2.54. The molecule has 2 unspecified atom stereocenters. The van der Waals surface area contributed by atoms with E-state index in [1.165, 1.54) is 17.0 Å². The summed E-state index contributed by atoms with van der Waals surface area (Å²) < 4.78 is 49.1. The number of carbonyl (C=O) groups is 2. The first-order chi connectivity index (χ1) is 18.1. The van der Waals surface area contributed by atoms with Crippen molar-refractivity contribution in [2.24, 2.45) is 5.92 Å². The summed E-state index contributed by atoms with van der Waals surface area (Å²) in [6, 6.07) is 5.88. The lowest BCUT2D eigenvalue weighted by atomic mass is 9.70. The maximum Gasteiger partial charge on any atom is 0.407 e. The highest BCUT2D eigenvalue weighted by Crippen LogP contribution is 2.40. The fraction of sp³-hybridized carbons (Fsp3) is 0.481. The number of rotatable bonds is 8. The molecule has 1 heterocycles. The van der Waals surface area contributed by atoms with Crippen molar-refractivity contribution < 1.29 is 32.6 Å². The Labute approximate surface area is 233 Å². The molecule has 38 heavy (non-hydrogen) atoms. The quantitative estimate of drug-likeness (QED) is 0.252. The van der Waals surface area contributed by atoms with E-state index in [0.717, 1.165) is 37.8 Å². The molecule has 2 aliphatic rings. The molecule has 4 rings (SSSR count). The molecule has 0 bridgehead atoms. The van der Waals surface area contributed by atoms with Crippen LogP contribution < -0.4 is 10.6 Å². The average Bonchev–Trinajstić information content (AvgIpc) is 2.86. The predicted molar refractivity (Wildman–Crippen MR) is 145 cm³/mol. The number of β-amino-alcohol motifs (C(OH)–C–C–N with tert-alkyl or cyclic N) is 1. The zero-order chi connectivity index (χ0) is 27.4. The zero-order valence-corrected chi connectivity index (χ0v) is 23.2. The number of halogens is 4. The lowest BCUT2D eigenvalue weighted by molar-refractivity contribution is -0.134. The summed E-state index contributed by atoms with van der Waals surface area (Å²) in [6.45, 7) is 2.26. The van der Waals surface area contributed by atoms with Crippen molar-refractivity contribution in [2.75, 3.05) is 25.0 Å². The van der Waals surface area contributed by atoms with Crippen LogP contribution in [-0.4, -0.2) is 53.3 Å². The molecule has 11 heteroatoms. The molecule has 2 amide bonds. The van der Waals surface area contributed by atoms with Crippen molar-refractivity contribution in [1.29, 1.82) is 0 Å². The van der Waals surface area contributed by atoms with E-state index < -0.39 is 40.7 Å². The topological polar surface area (TPSA) is 90.9 Å². The normalized spacial score (nSPS) is 20.4. The number of hydrogen-bond acceptors (Lipinski definition) is 5. The third-order valence-corrected chi connectivity index (χ3v) is 7.89. The number of carbonyl (C=O) groups excluding carboxylic acids is 2. The second kappa shape index (κ2) is 12.1. The zero-order valence-electron chi connectivity index (χ0n) is 21.0. The summed E-state index contributed by atoms with van der Waals surface area (Å²) in [7, 11) is 0. The average molecular weight is 645 g/mol. The molecular weight excluding hydrogens is 614 g/mol. The van der Waals surface area contributed by atoms with Crippen LogP contribution in [0.5, 0.6) is 0 Å². The van der Waals surface area contributed by atoms with Crippen molar-refractivity contribution in [3.8, 4) is 0 Å². The summed E-state index contributed by atoms with van der Waals surface area (Å²) in [4.78, 5) is 26.9. The molecule has 0 spiro atoms. The van der Waals surface area contributed by atoms with Gasteiger partial charge < -0.3 is 25.4 Å². The molecule has 7 nitrogen and oxygen atoms in total. The fourth-order valence-electron chi connectivity index (χ4n) is 5.19. The molecule has 3 N–H and O–H groups in total. The van der Waals surface area contributed by atoms with Crippen LogP contribution in [0.1, 0.15) is 55.8 Å². The summed E-state index contributed by atoms with van der Waals surface area (Å²) >= 11 is 1.92.